The molecule has 2 aliphatic rings. The van der Waals surface area contributed by atoms with Gasteiger partial charge in [-0.05, 0) is 60.6 Å². The maximum absolute atomic E-state index is 4.76. The van der Waals surface area contributed by atoms with Crippen molar-refractivity contribution in [2.24, 2.45) is 10.9 Å². The van der Waals surface area contributed by atoms with Gasteiger partial charge in [0.2, 0.25) is 0 Å². The van der Waals surface area contributed by atoms with Crippen molar-refractivity contribution >= 4 is 11.3 Å². The van der Waals surface area contributed by atoms with E-state index in [0.717, 1.165) is 29.4 Å². The molecule has 4 heteroatoms. The van der Waals surface area contributed by atoms with E-state index < -0.39 is 0 Å². The second-order valence-corrected chi connectivity index (χ2v) is 8.78. The van der Waals surface area contributed by atoms with Crippen molar-refractivity contribution in [1.82, 2.24) is 15.3 Å². The first-order chi connectivity index (χ1) is 15.2. The second kappa shape index (κ2) is 8.64. The van der Waals surface area contributed by atoms with Crippen molar-refractivity contribution in [3.8, 4) is 22.4 Å². The molecule has 1 aliphatic heterocycles. The molecule has 0 unspecified atom stereocenters. The van der Waals surface area contributed by atoms with E-state index in [2.05, 4.69) is 76.9 Å². The van der Waals surface area contributed by atoms with Crippen molar-refractivity contribution in [3.05, 3.63) is 72.3 Å². The van der Waals surface area contributed by atoms with E-state index in [1.54, 1.807) is 0 Å². The SMILES string of the molecule is CN[C@@H](C)c1ncc(-c2ccc(-c3ccc(C4=CN=C(C5CCCC5)C4)cc3)cc2)[nH]1. The van der Waals surface area contributed by atoms with Crippen molar-refractivity contribution in [2.45, 2.75) is 45.1 Å². The maximum atomic E-state index is 4.76. The number of aliphatic imine (C=N–C) groups is 1. The number of nitrogens with zero attached hydrogens (tertiary/aromatic N) is 2. The van der Waals surface area contributed by atoms with Gasteiger partial charge < -0.3 is 10.3 Å². The van der Waals surface area contributed by atoms with E-state index in [-0.39, 0.29) is 6.04 Å². The Bertz CT molecular complexity index is 1100. The third-order valence-corrected chi connectivity index (χ3v) is 6.81. The van der Waals surface area contributed by atoms with Gasteiger partial charge in [0.15, 0.2) is 0 Å². The van der Waals surface area contributed by atoms with E-state index in [9.17, 15) is 0 Å². The number of H-pyrrole nitrogens is 1. The highest BCUT2D eigenvalue weighted by atomic mass is 15.0. The number of aromatic nitrogens is 2. The van der Waals surface area contributed by atoms with Gasteiger partial charge in [-0.3, -0.25) is 4.99 Å². The van der Waals surface area contributed by atoms with Crippen LogP contribution in [0.2, 0.25) is 0 Å². The fourth-order valence-corrected chi connectivity index (χ4v) is 4.69. The standard InChI is InChI=1S/C27H30N4/c1-18(28-2)27-30-17-26(31-27)23-13-11-20(12-14-23)19-7-9-21(10-8-19)24-15-25(29-16-24)22-5-3-4-6-22/h7-14,16-18,22,28H,3-6,15H2,1-2H3,(H,30,31)/t18-/m0/s1. The van der Waals surface area contributed by atoms with Gasteiger partial charge in [0.1, 0.15) is 5.82 Å². The summed E-state index contributed by atoms with van der Waals surface area (Å²) in [4.78, 5) is 12.7. The Labute approximate surface area is 184 Å². The lowest BCUT2D eigenvalue weighted by molar-refractivity contribution is 0.618. The normalized spacial score (nSPS) is 17.6. The van der Waals surface area contributed by atoms with E-state index in [0.29, 0.717) is 0 Å². The number of benzene rings is 2. The molecule has 0 radical (unpaired) electrons. The minimum atomic E-state index is 0.209. The van der Waals surface area contributed by atoms with Gasteiger partial charge in [0.05, 0.1) is 17.9 Å². The lowest BCUT2D eigenvalue weighted by Crippen LogP contribution is -2.13. The van der Waals surface area contributed by atoms with E-state index >= 15 is 0 Å². The van der Waals surface area contributed by atoms with Crippen molar-refractivity contribution in [2.75, 3.05) is 7.05 Å². The molecule has 0 spiro atoms. The highest BCUT2D eigenvalue weighted by Crippen LogP contribution is 2.34. The molecule has 3 aromatic rings. The number of aromatic amines is 1. The fraction of sp³-hybridized carbons (Fsp3) is 0.333. The molecular formula is C27H30N4. The monoisotopic (exact) mass is 410 g/mol. The zero-order chi connectivity index (χ0) is 21.2. The minimum absolute atomic E-state index is 0.209. The van der Waals surface area contributed by atoms with Crippen LogP contribution in [0.15, 0.2) is 65.9 Å². The summed E-state index contributed by atoms with van der Waals surface area (Å²) in [5, 5.41) is 3.21. The van der Waals surface area contributed by atoms with Gasteiger partial charge in [-0.2, -0.15) is 0 Å². The van der Waals surface area contributed by atoms with E-state index in [1.807, 2.05) is 13.2 Å². The van der Waals surface area contributed by atoms with Gasteiger partial charge in [0, 0.05) is 18.3 Å². The first kappa shape index (κ1) is 20.0. The van der Waals surface area contributed by atoms with Crippen LogP contribution in [-0.4, -0.2) is 22.7 Å². The summed E-state index contributed by atoms with van der Waals surface area (Å²) in [6.07, 6.45) is 10.4. The number of imidazole rings is 1. The average molecular weight is 411 g/mol. The van der Waals surface area contributed by atoms with Crippen LogP contribution in [-0.2, 0) is 0 Å². The Kier molecular flexibility index (Phi) is 5.56. The van der Waals surface area contributed by atoms with Gasteiger partial charge in [-0.25, -0.2) is 4.98 Å². The molecule has 31 heavy (non-hydrogen) atoms. The summed E-state index contributed by atoms with van der Waals surface area (Å²) in [7, 11) is 1.94. The minimum Gasteiger partial charge on any atom is -0.341 e. The number of allylic oxidation sites excluding steroid dienone is 1. The number of hydrogen-bond donors (Lipinski definition) is 2. The topological polar surface area (TPSA) is 53.1 Å². The highest BCUT2D eigenvalue weighted by molar-refractivity contribution is 5.99. The Balaban J connectivity index is 1.26. The van der Waals surface area contributed by atoms with Crippen molar-refractivity contribution in [3.63, 3.8) is 0 Å². The predicted octanol–water partition coefficient (Wildman–Crippen LogP) is 6.40. The maximum Gasteiger partial charge on any atom is 0.123 e. The summed E-state index contributed by atoms with van der Waals surface area (Å²) >= 11 is 0. The summed E-state index contributed by atoms with van der Waals surface area (Å²) in [5.41, 5.74) is 8.70. The molecule has 0 amide bonds. The van der Waals surface area contributed by atoms with Gasteiger partial charge in [0.25, 0.3) is 0 Å². The zero-order valence-electron chi connectivity index (χ0n) is 18.4. The fourth-order valence-electron chi connectivity index (χ4n) is 4.69. The number of nitrogens with one attached hydrogen (secondary N) is 2. The van der Waals surface area contributed by atoms with E-state index in [4.69, 9.17) is 4.99 Å². The lowest BCUT2D eigenvalue weighted by Gasteiger charge is -2.10. The van der Waals surface area contributed by atoms with Crippen LogP contribution in [0, 0.1) is 5.92 Å². The Morgan fingerprint density at radius 3 is 2.16 bits per heavy atom. The third kappa shape index (κ3) is 4.13. The van der Waals surface area contributed by atoms with Gasteiger partial charge in [-0.1, -0.05) is 61.4 Å². The summed E-state index contributed by atoms with van der Waals surface area (Å²) < 4.78 is 0. The molecule has 2 aromatic carbocycles. The lowest BCUT2D eigenvalue weighted by atomic mass is 9.93. The van der Waals surface area contributed by atoms with Crippen LogP contribution in [0.4, 0.5) is 0 Å². The Morgan fingerprint density at radius 1 is 0.903 bits per heavy atom. The number of rotatable bonds is 6. The summed E-state index contributed by atoms with van der Waals surface area (Å²) in [6.45, 7) is 2.10. The first-order valence-electron chi connectivity index (χ1n) is 11.4. The molecular weight excluding hydrogens is 380 g/mol. The number of hydrogen-bond acceptors (Lipinski definition) is 3. The first-order valence-corrected chi connectivity index (χ1v) is 11.4. The largest absolute Gasteiger partial charge is 0.341 e. The van der Waals surface area contributed by atoms with Crippen LogP contribution in [0.5, 0.6) is 0 Å². The smallest absolute Gasteiger partial charge is 0.123 e. The molecule has 2 N–H and O–H groups in total. The molecule has 5 rings (SSSR count). The van der Waals surface area contributed by atoms with Crippen molar-refractivity contribution < 1.29 is 0 Å². The zero-order valence-corrected chi connectivity index (χ0v) is 18.4. The van der Waals surface area contributed by atoms with Crippen LogP contribution in [0.1, 0.15) is 56.5 Å². The predicted molar refractivity (Wildman–Crippen MR) is 129 cm³/mol. The average Bonchev–Trinajstić information content (AvgIpc) is 3.60. The molecule has 1 atom stereocenters. The van der Waals surface area contributed by atoms with E-state index in [1.165, 1.54) is 53.7 Å². The van der Waals surface area contributed by atoms with Gasteiger partial charge >= 0.3 is 0 Å². The summed E-state index contributed by atoms with van der Waals surface area (Å²) in [6, 6.07) is 17.8. The van der Waals surface area contributed by atoms with Crippen LogP contribution >= 0.6 is 0 Å². The van der Waals surface area contributed by atoms with Crippen LogP contribution in [0.25, 0.3) is 28.0 Å². The van der Waals surface area contributed by atoms with Crippen LogP contribution < -0.4 is 5.32 Å². The molecule has 0 saturated heterocycles. The molecule has 0 bridgehead atoms. The summed E-state index contributed by atoms with van der Waals surface area (Å²) in [5.74, 6) is 1.68. The Hall–Kier alpha value is -2.98. The Morgan fingerprint density at radius 2 is 1.52 bits per heavy atom. The molecule has 1 saturated carbocycles. The molecule has 1 fully saturated rings. The molecule has 158 valence electrons. The molecule has 4 nitrogen and oxygen atoms in total. The third-order valence-electron chi connectivity index (χ3n) is 6.81. The molecule has 1 aromatic heterocycles. The van der Waals surface area contributed by atoms with Crippen LogP contribution in [0.3, 0.4) is 0 Å². The second-order valence-electron chi connectivity index (χ2n) is 8.78. The van der Waals surface area contributed by atoms with Gasteiger partial charge in [-0.15, -0.1) is 0 Å². The quantitative estimate of drug-likeness (QED) is 0.494. The van der Waals surface area contributed by atoms with Crippen molar-refractivity contribution in [1.29, 1.82) is 0 Å². The highest BCUT2D eigenvalue weighted by Gasteiger charge is 2.24. The molecule has 1 aliphatic carbocycles. The molecule has 2 heterocycles.